The van der Waals surface area contributed by atoms with Gasteiger partial charge in [0, 0.05) is 12.1 Å². The molecule has 0 spiro atoms. The Hall–Kier alpha value is -2.38. The first kappa shape index (κ1) is 18.0. The van der Waals surface area contributed by atoms with E-state index in [1.165, 1.54) is 17.3 Å². The molecule has 142 valence electrons. The number of carbonyl (C=O) groups excluding carboxylic acids is 1. The lowest BCUT2D eigenvalue weighted by atomic mass is 10.0. The summed E-state index contributed by atoms with van der Waals surface area (Å²) in [5.41, 5.74) is 1.29. The average Bonchev–Trinajstić information content (AvgIpc) is 3.18. The lowest BCUT2D eigenvalue weighted by molar-refractivity contribution is 0.101. The van der Waals surface area contributed by atoms with Crippen molar-refractivity contribution in [1.29, 1.82) is 0 Å². The third-order valence-corrected chi connectivity index (χ3v) is 6.91. The van der Waals surface area contributed by atoms with E-state index < -0.39 is 10.0 Å². The smallest absolute Gasteiger partial charge is 0.243 e. The van der Waals surface area contributed by atoms with Crippen LogP contribution in [0.1, 0.15) is 41.7 Å². The molecule has 1 saturated heterocycles. The summed E-state index contributed by atoms with van der Waals surface area (Å²) >= 11 is 0. The Morgan fingerprint density at radius 3 is 2.63 bits per heavy atom. The molecule has 0 bridgehead atoms. The van der Waals surface area contributed by atoms with Crippen LogP contribution in [0.4, 0.5) is 0 Å². The molecule has 1 fully saturated rings. The highest BCUT2D eigenvalue weighted by Crippen LogP contribution is 2.40. The summed E-state index contributed by atoms with van der Waals surface area (Å²) in [6.45, 7) is 2.88. The lowest BCUT2D eigenvalue weighted by Gasteiger charge is -2.26. The molecule has 0 aliphatic carbocycles. The third-order valence-electron chi connectivity index (χ3n) is 5.00. The van der Waals surface area contributed by atoms with E-state index in [9.17, 15) is 13.2 Å². The average molecular weight is 387 g/mol. The molecule has 2 heterocycles. The van der Waals surface area contributed by atoms with E-state index in [0.717, 1.165) is 18.4 Å². The number of hydrogen-bond donors (Lipinski definition) is 0. The van der Waals surface area contributed by atoms with Crippen molar-refractivity contribution >= 4 is 15.8 Å². The maximum absolute atomic E-state index is 13.2. The molecule has 4 rings (SSSR count). The van der Waals surface area contributed by atoms with Crippen molar-refractivity contribution < 1.29 is 22.7 Å². The summed E-state index contributed by atoms with van der Waals surface area (Å²) in [7, 11) is -3.70. The molecule has 2 aliphatic heterocycles. The Morgan fingerprint density at radius 1 is 1.07 bits per heavy atom. The van der Waals surface area contributed by atoms with Crippen molar-refractivity contribution in [3.8, 4) is 11.5 Å². The van der Waals surface area contributed by atoms with Crippen LogP contribution in [0.15, 0.2) is 47.4 Å². The fourth-order valence-electron chi connectivity index (χ4n) is 3.64. The van der Waals surface area contributed by atoms with Crippen LogP contribution in [0.2, 0.25) is 0 Å². The second-order valence-electron chi connectivity index (χ2n) is 6.76. The Balaban J connectivity index is 1.68. The molecule has 2 aliphatic rings. The van der Waals surface area contributed by atoms with Crippen LogP contribution >= 0.6 is 0 Å². The molecule has 0 aromatic heterocycles. The molecule has 7 heteroatoms. The maximum atomic E-state index is 13.2. The Morgan fingerprint density at radius 2 is 1.85 bits per heavy atom. The first-order valence-electron chi connectivity index (χ1n) is 8.99. The first-order chi connectivity index (χ1) is 13.0. The summed E-state index contributed by atoms with van der Waals surface area (Å²) < 4.78 is 39.2. The predicted octanol–water partition coefficient (Wildman–Crippen LogP) is 3.19. The summed E-state index contributed by atoms with van der Waals surface area (Å²) in [6, 6.07) is 11.6. The molecule has 1 unspecified atom stereocenters. The zero-order valence-electron chi connectivity index (χ0n) is 15.1. The molecule has 0 N–H and O–H groups in total. The summed E-state index contributed by atoms with van der Waals surface area (Å²) in [5.74, 6) is 1.19. The van der Waals surface area contributed by atoms with Crippen molar-refractivity contribution in [3.05, 3.63) is 53.6 Å². The number of nitrogens with zero attached hydrogens (tertiary/aromatic N) is 1. The number of Topliss-reactive ketones (excluding diaryl/α,β-unsaturated/α-hetero) is 1. The first-order valence-corrected chi connectivity index (χ1v) is 10.4. The van der Waals surface area contributed by atoms with E-state index in [1.54, 1.807) is 18.2 Å². The molecule has 2 aromatic carbocycles. The highest BCUT2D eigenvalue weighted by molar-refractivity contribution is 7.89. The summed E-state index contributed by atoms with van der Waals surface area (Å²) in [6.07, 6.45) is 1.52. The molecule has 27 heavy (non-hydrogen) atoms. The van der Waals surface area contributed by atoms with Crippen LogP contribution in [-0.2, 0) is 10.0 Å². The fourth-order valence-corrected chi connectivity index (χ4v) is 5.37. The standard InChI is InChI=1S/C20H21NO5S/c1-14(22)15-4-2-5-17(12-15)27(23,24)21-9-3-6-18(21)16-7-8-19-20(13-16)26-11-10-25-19/h2,4-5,7-8,12-13,18H,3,6,9-11H2,1H3. The van der Waals surface area contributed by atoms with Gasteiger partial charge in [-0.1, -0.05) is 18.2 Å². The normalized spacial score (nSPS) is 19.8. The van der Waals surface area contributed by atoms with E-state index in [-0.39, 0.29) is 16.7 Å². The second kappa shape index (κ2) is 6.98. The monoisotopic (exact) mass is 387 g/mol. The van der Waals surface area contributed by atoms with Crippen LogP contribution in [0.25, 0.3) is 0 Å². The number of fused-ring (bicyclic) bond motifs is 1. The van der Waals surface area contributed by atoms with E-state index in [0.29, 0.717) is 36.8 Å². The SMILES string of the molecule is CC(=O)c1cccc(S(=O)(=O)N2CCCC2c2ccc3c(c2)OCCO3)c1. The van der Waals surface area contributed by atoms with Gasteiger partial charge in [0.15, 0.2) is 17.3 Å². The molecule has 0 saturated carbocycles. The van der Waals surface area contributed by atoms with Crippen molar-refractivity contribution in [2.24, 2.45) is 0 Å². The van der Waals surface area contributed by atoms with Gasteiger partial charge in [0.2, 0.25) is 10.0 Å². The maximum Gasteiger partial charge on any atom is 0.243 e. The minimum atomic E-state index is -3.70. The van der Waals surface area contributed by atoms with E-state index in [4.69, 9.17) is 9.47 Å². The molecule has 0 amide bonds. The van der Waals surface area contributed by atoms with Gasteiger partial charge in [0.05, 0.1) is 10.9 Å². The quantitative estimate of drug-likeness (QED) is 0.754. The zero-order chi connectivity index (χ0) is 19.0. The van der Waals surface area contributed by atoms with Gasteiger partial charge in [-0.15, -0.1) is 0 Å². The predicted molar refractivity (Wildman–Crippen MR) is 99.7 cm³/mol. The molecular weight excluding hydrogens is 366 g/mol. The summed E-state index contributed by atoms with van der Waals surface area (Å²) in [5, 5.41) is 0. The molecule has 1 atom stereocenters. The van der Waals surface area contributed by atoms with Crippen LogP contribution < -0.4 is 9.47 Å². The third kappa shape index (κ3) is 3.33. The molecule has 0 radical (unpaired) electrons. The minimum Gasteiger partial charge on any atom is -0.486 e. The van der Waals surface area contributed by atoms with Gasteiger partial charge in [0.1, 0.15) is 13.2 Å². The second-order valence-corrected chi connectivity index (χ2v) is 8.65. The van der Waals surface area contributed by atoms with Gasteiger partial charge in [-0.3, -0.25) is 4.79 Å². The van der Waals surface area contributed by atoms with Crippen molar-refractivity contribution in [2.75, 3.05) is 19.8 Å². The Bertz CT molecular complexity index is 986. The number of rotatable bonds is 4. The molecule has 6 nitrogen and oxygen atoms in total. The Labute approximate surface area is 158 Å². The number of benzene rings is 2. The van der Waals surface area contributed by atoms with Crippen LogP contribution in [0, 0.1) is 0 Å². The van der Waals surface area contributed by atoms with Crippen LogP contribution in [0.5, 0.6) is 11.5 Å². The number of ether oxygens (including phenoxy) is 2. The van der Waals surface area contributed by atoms with Gasteiger partial charge in [-0.05, 0) is 49.6 Å². The van der Waals surface area contributed by atoms with Gasteiger partial charge in [0.25, 0.3) is 0 Å². The zero-order valence-corrected chi connectivity index (χ0v) is 15.9. The van der Waals surface area contributed by atoms with E-state index >= 15 is 0 Å². The minimum absolute atomic E-state index is 0.152. The number of sulfonamides is 1. The number of hydrogen-bond acceptors (Lipinski definition) is 5. The van der Waals surface area contributed by atoms with Crippen LogP contribution in [-0.4, -0.2) is 38.3 Å². The number of ketones is 1. The van der Waals surface area contributed by atoms with Crippen molar-refractivity contribution in [3.63, 3.8) is 0 Å². The molecule has 2 aromatic rings. The van der Waals surface area contributed by atoms with Crippen LogP contribution in [0.3, 0.4) is 0 Å². The highest BCUT2D eigenvalue weighted by Gasteiger charge is 2.36. The highest BCUT2D eigenvalue weighted by atomic mass is 32.2. The van der Waals surface area contributed by atoms with Crippen molar-refractivity contribution in [1.82, 2.24) is 4.31 Å². The molecular formula is C20H21NO5S. The van der Waals surface area contributed by atoms with Gasteiger partial charge in [-0.25, -0.2) is 8.42 Å². The fraction of sp³-hybridized carbons (Fsp3) is 0.350. The van der Waals surface area contributed by atoms with Gasteiger partial charge >= 0.3 is 0 Å². The lowest BCUT2D eigenvalue weighted by Crippen LogP contribution is -2.31. The van der Waals surface area contributed by atoms with Gasteiger partial charge < -0.3 is 9.47 Å². The Kier molecular flexibility index (Phi) is 4.65. The van der Waals surface area contributed by atoms with E-state index in [2.05, 4.69) is 0 Å². The topological polar surface area (TPSA) is 72.9 Å². The van der Waals surface area contributed by atoms with E-state index in [1.807, 2.05) is 18.2 Å². The number of carbonyl (C=O) groups is 1. The largest absolute Gasteiger partial charge is 0.486 e. The summed E-state index contributed by atoms with van der Waals surface area (Å²) in [4.78, 5) is 11.8. The van der Waals surface area contributed by atoms with Gasteiger partial charge in [-0.2, -0.15) is 4.31 Å². The van der Waals surface area contributed by atoms with Crippen molar-refractivity contribution in [2.45, 2.75) is 30.7 Å².